The van der Waals surface area contributed by atoms with Crippen LogP contribution in [0, 0.1) is 18.3 Å². The van der Waals surface area contributed by atoms with Crippen LogP contribution in [0.1, 0.15) is 22.4 Å². The molecule has 0 saturated heterocycles. The molecule has 4 nitrogen and oxygen atoms in total. The average molecular weight is 238 g/mol. The second-order valence-corrected chi connectivity index (χ2v) is 4.64. The van der Waals surface area contributed by atoms with Gasteiger partial charge < -0.3 is 4.90 Å². The minimum atomic E-state index is 0.685. The minimum Gasteiger partial charge on any atom is -0.347 e. The molecule has 1 aromatic heterocycles. The van der Waals surface area contributed by atoms with Gasteiger partial charge in [-0.05, 0) is 18.1 Å². The summed E-state index contributed by atoms with van der Waals surface area (Å²) in [6, 6.07) is 10.7. The number of benzene rings is 1. The number of aromatic nitrogens is 2. The van der Waals surface area contributed by atoms with Crippen LogP contribution in [0.5, 0.6) is 0 Å². The highest BCUT2D eigenvalue weighted by Gasteiger charge is 2.25. The SMILES string of the molecule is Cc1nn(C)c(N2Cc3ccccc3C2)c1C#N. The van der Waals surface area contributed by atoms with E-state index in [0.29, 0.717) is 5.56 Å². The van der Waals surface area contributed by atoms with Gasteiger partial charge in [0.25, 0.3) is 0 Å². The molecule has 1 aliphatic rings. The van der Waals surface area contributed by atoms with Gasteiger partial charge >= 0.3 is 0 Å². The third-order valence-electron chi connectivity index (χ3n) is 3.44. The molecular weight excluding hydrogens is 224 g/mol. The Morgan fingerprint density at radius 3 is 2.39 bits per heavy atom. The van der Waals surface area contributed by atoms with E-state index >= 15 is 0 Å². The number of nitrogens with zero attached hydrogens (tertiary/aromatic N) is 4. The fourth-order valence-corrected chi connectivity index (χ4v) is 2.62. The van der Waals surface area contributed by atoms with Gasteiger partial charge in [0.1, 0.15) is 17.5 Å². The molecule has 0 amide bonds. The molecule has 2 aromatic rings. The molecule has 4 heteroatoms. The summed E-state index contributed by atoms with van der Waals surface area (Å²) >= 11 is 0. The van der Waals surface area contributed by atoms with Gasteiger partial charge in [-0.25, -0.2) is 0 Å². The van der Waals surface area contributed by atoms with E-state index in [0.717, 1.165) is 24.6 Å². The van der Waals surface area contributed by atoms with Gasteiger partial charge in [0.05, 0.1) is 5.69 Å². The molecular formula is C14H14N4. The molecule has 0 bridgehead atoms. The Balaban J connectivity index is 2.03. The predicted molar refractivity (Wildman–Crippen MR) is 69.0 cm³/mol. The van der Waals surface area contributed by atoms with Gasteiger partial charge in [-0.15, -0.1) is 0 Å². The van der Waals surface area contributed by atoms with Crippen molar-refractivity contribution in [1.29, 1.82) is 5.26 Å². The van der Waals surface area contributed by atoms with Crippen molar-refractivity contribution >= 4 is 5.82 Å². The first kappa shape index (κ1) is 10.8. The highest BCUT2D eigenvalue weighted by Crippen LogP contribution is 2.31. The number of hydrogen-bond acceptors (Lipinski definition) is 3. The van der Waals surface area contributed by atoms with E-state index in [-0.39, 0.29) is 0 Å². The predicted octanol–water partition coefficient (Wildman–Crippen LogP) is 2.12. The first-order chi connectivity index (χ1) is 8.70. The summed E-state index contributed by atoms with van der Waals surface area (Å²) in [5.74, 6) is 0.922. The van der Waals surface area contributed by atoms with E-state index in [1.54, 1.807) is 4.68 Å². The number of hydrogen-bond donors (Lipinski definition) is 0. The van der Waals surface area contributed by atoms with E-state index in [2.05, 4.69) is 40.3 Å². The van der Waals surface area contributed by atoms with Crippen LogP contribution >= 0.6 is 0 Å². The zero-order valence-corrected chi connectivity index (χ0v) is 10.5. The van der Waals surface area contributed by atoms with Gasteiger partial charge in [0.2, 0.25) is 0 Å². The van der Waals surface area contributed by atoms with Crippen LogP contribution in [0.15, 0.2) is 24.3 Å². The fourth-order valence-electron chi connectivity index (χ4n) is 2.62. The zero-order valence-electron chi connectivity index (χ0n) is 10.5. The lowest BCUT2D eigenvalue weighted by Crippen LogP contribution is -2.18. The molecule has 18 heavy (non-hydrogen) atoms. The lowest BCUT2D eigenvalue weighted by atomic mass is 10.1. The largest absolute Gasteiger partial charge is 0.347 e. The van der Waals surface area contributed by atoms with Crippen molar-refractivity contribution in [2.45, 2.75) is 20.0 Å². The zero-order chi connectivity index (χ0) is 12.7. The summed E-state index contributed by atoms with van der Waals surface area (Å²) < 4.78 is 1.81. The Bertz CT molecular complexity index is 623. The molecule has 1 aliphatic heterocycles. The van der Waals surface area contributed by atoms with Crippen LogP contribution in [0.3, 0.4) is 0 Å². The second-order valence-electron chi connectivity index (χ2n) is 4.64. The number of rotatable bonds is 1. The van der Waals surface area contributed by atoms with Gasteiger partial charge in [-0.3, -0.25) is 4.68 Å². The maximum Gasteiger partial charge on any atom is 0.145 e. The number of aryl methyl sites for hydroxylation is 2. The first-order valence-corrected chi connectivity index (χ1v) is 5.96. The van der Waals surface area contributed by atoms with Crippen LogP contribution in [0.2, 0.25) is 0 Å². The van der Waals surface area contributed by atoms with Crippen molar-refractivity contribution in [3.63, 3.8) is 0 Å². The summed E-state index contributed by atoms with van der Waals surface area (Å²) in [6.07, 6.45) is 0. The molecule has 0 atom stereocenters. The summed E-state index contributed by atoms with van der Waals surface area (Å²) in [4.78, 5) is 2.21. The second kappa shape index (κ2) is 3.88. The topological polar surface area (TPSA) is 44.9 Å². The van der Waals surface area contributed by atoms with Crippen molar-refractivity contribution in [2.24, 2.45) is 7.05 Å². The van der Waals surface area contributed by atoms with E-state index in [1.807, 2.05) is 14.0 Å². The molecule has 1 aromatic carbocycles. The molecule has 0 fully saturated rings. The molecule has 0 radical (unpaired) electrons. The summed E-state index contributed by atoms with van der Waals surface area (Å²) in [6.45, 7) is 3.58. The van der Waals surface area contributed by atoms with Gasteiger partial charge in [0.15, 0.2) is 0 Å². The van der Waals surface area contributed by atoms with Crippen LogP contribution in [0.25, 0.3) is 0 Å². The summed E-state index contributed by atoms with van der Waals surface area (Å²) in [5.41, 5.74) is 4.15. The Morgan fingerprint density at radius 1 is 1.22 bits per heavy atom. The normalized spacial score (nSPS) is 13.5. The Kier molecular flexibility index (Phi) is 2.34. The van der Waals surface area contributed by atoms with Crippen LogP contribution < -0.4 is 4.90 Å². The monoisotopic (exact) mass is 238 g/mol. The highest BCUT2D eigenvalue weighted by molar-refractivity contribution is 5.59. The molecule has 0 spiro atoms. The van der Waals surface area contributed by atoms with Crippen LogP contribution in [-0.4, -0.2) is 9.78 Å². The lowest BCUT2D eigenvalue weighted by molar-refractivity contribution is 0.715. The Hall–Kier alpha value is -2.28. The molecule has 0 saturated carbocycles. The van der Waals surface area contributed by atoms with Gasteiger partial charge in [0, 0.05) is 20.1 Å². The maximum absolute atomic E-state index is 9.26. The fraction of sp³-hybridized carbons (Fsp3) is 0.286. The third kappa shape index (κ3) is 1.48. The van der Waals surface area contributed by atoms with Crippen molar-refractivity contribution in [3.8, 4) is 6.07 Å². The third-order valence-corrected chi connectivity index (χ3v) is 3.44. The standard InChI is InChI=1S/C14H14N4/c1-10-13(7-15)14(17(2)16-10)18-8-11-5-3-4-6-12(11)9-18/h3-6H,8-9H2,1-2H3. The first-order valence-electron chi connectivity index (χ1n) is 5.96. The van der Waals surface area contributed by atoms with Crippen molar-refractivity contribution in [3.05, 3.63) is 46.6 Å². The van der Waals surface area contributed by atoms with E-state index in [1.165, 1.54) is 11.1 Å². The van der Waals surface area contributed by atoms with Crippen molar-refractivity contribution < 1.29 is 0 Å². The van der Waals surface area contributed by atoms with Crippen LogP contribution in [0.4, 0.5) is 5.82 Å². The highest BCUT2D eigenvalue weighted by atomic mass is 15.4. The number of fused-ring (bicyclic) bond motifs is 1. The van der Waals surface area contributed by atoms with Gasteiger partial charge in [-0.1, -0.05) is 24.3 Å². The van der Waals surface area contributed by atoms with E-state index < -0.39 is 0 Å². The molecule has 0 unspecified atom stereocenters. The maximum atomic E-state index is 9.26. The number of nitriles is 1. The average Bonchev–Trinajstić information content (AvgIpc) is 2.88. The summed E-state index contributed by atoms with van der Waals surface area (Å²) in [7, 11) is 1.90. The molecule has 3 rings (SSSR count). The molecule has 2 heterocycles. The molecule has 0 N–H and O–H groups in total. The lowest BCUT2D eigenvalue weighted by Gasteiger charge is -2.17. The summed E-state index contributed by atoms with van der Waals surface area (Å²) in [5, 5.41) is 13.6. The minimum absolute atomic E-state index is 0.685. The van der Waals surface area contributed by atoms with Crippen molar-refractivity contribution in [1.82, 2.24) is 9.78 Å². The van der Waals surface area contributed by atoms with E-state index in [9.17, 15) is 5.26 Å². The Labute approximate surface area is 106 Å². The van der Waals surface area contributed by atoms with Crippen LogP contribution in [-0.2, 0) is 20.1 Å². The van der Waals surface area contributed by atoms with Gasteiger partial charge in [-0.2, -0.15) is 10.4 Å². The molecule has 90 valence electrons. The molecule has 0 aliphatic carbocycles. The smallest absolute Gasteiger partial charge is 0.145 e. The van der Waals surface area contributed by atoms with Crippen molar-refractivity contribution in [2.75, 3.05) is 4.90 Å². The van der Waals surface area contributed by atoms with E-state index in [4.69, 9.17) is 0 Å². The quantitative estimate of drug-likeness (QED) is 0.764. The Morgan fingerprint density at radius 2 is 1.83 bits per heavy atom. The number of anilines is 1.